The van der Waals surface area contributed by atoms with E-state index in [-0.39, 0.29) is 12.5 Å². The van der Waals surface area contributed by atoms with E-state index >= 15 is 0 Å². The van der Waals surface area contributed by atoms with Gasteiger partial charge in [-0.15, -0.1) is 0 Å². The second-order valence-corrected chi connectivity index (χ2v) is 5.10. The third-order valence-corrected chi connectivity index (χ3v) is 3.44. The predicted octanol–water partition coefficient (Wildman–Crippen LogP) is 2.58. The zero-order valence-electron chi connectivity index (χ0n) is 12.3. The molecule has 2 rings (SSSR count). The molecule has 3 heteroatoms. The molecule has 1 amide bonds. The summed E-state index contributed by atoms with van der Waals surface area (Å²) in [7, 11) is 0. The molecule has 3 nitrogen and oxygen atoms in total. The minimum Gasteiger partial charge on any atom is -0.391 e. The van der Waals surface area contributed by atoms with E-state index in [1.807, 2.05) is 54.6 Å². The molecular weight excluding hydrogens is 262 g/mol. The number of aryl methyl sites for hydroxylation is 1. The number of hydrogen-bond donors (Lipinski definition) is 2. The van der Waals surface area contributed by atoms with Gasteiger partial charge in [-0.1, -0.05) is 49.4 Å². The van der Waals surface area contributed by atoms with Crippen LogP contribution in [0.3, 0.4) is 0 Å². The monoisotopic (exact) mass is 283 g/mol. The van der Waals surface area contributed by atoms with Gasteiger partial charge in [0.2, 0.25) is 0 Å². The molecule has 0 saturated carbocycles. The third kappa shape index (κ3) is 4.72. The van der Waals surface area contributed by atoms with Crippen LogP contribution in [0, 0.1) is 0 Å². The lowest BCUT2D eigenvalue weighted by Gasteiger charge is -2.12. The fourth-order valence-corrected chi connectivity index (χ4v) is 2.16. The predicted molar refractivity (Wildman–Crippen MR) is 84.3 cm³/mol. The molecule has 2 aromatic rings. The van der Waals surface area contributed by atoms with E-state index in [9.17, 15) is 9.90 Å². The van der Waals surface area contributed by atoms with Crippen LogP contribution in [0.1, 0.15) is 28.4 Å². The number of nitrogens with one attached hydrogen (secondary N) is 1. The number of aliphatic hydroxyl groups excluding tert-OH is 1. The Morgan fingerprint density at radius 3 is 2.33 bits per heavy atom. The van der Waals surface area contributed by atoms with E-state index in [1.165, 1.54) is 5.56 Å². The standard InChI is InChI=1S/C18H21NO2/c1-2-14-8-10-16(11-9-14)18(21)19-13-17(20)12-15-6-4-3-5-7-15/h3-11,17,20H,2,12-13H2,1H3,(H,19,21). The lowest BCUT2D eigenvalue weighted by Crippen LogP contribution is -2.33. The highest BCUT2D eigenvalue weighted by atomic mass is 16.3. The number of hydrogen-bond acceptors (Lipinski definition) is 2. The lowest BCUT2D eigenvalue weighted by atomic mass is 10.1. The van der Waals surface area contributed by atoms with Crippen molar-refractivity contribution in [3.05, 3.63) is 71.3 Å². The van der Waals surface area contributed by atoms with Crippen molar-refractivity contribution in [2.45, 2.75) is 25.9 Å². The summed E-state index contributed by atoms with van der Waals surface area (Å²) in [5, 5.41) is 12.7. The number of benzene rings is 2. The fraction of sp³-hybridized carbons (Fsp3) is 0.278. The molecule has 0 fully saturated rings. The molecule has 0 saturated heterocycles. The van der Waals surface area contributed by atoms with Crippen LogP contribution < -0.4 is 5.32 Å². The summed E-state index contributed by atoms with van der Waals surface area (Å²) in [6.07, 6.45) is 0.916. The Bertz CT molecular complexity index is 564. The molecule has 0 aromatic heterocycles. The summed E-state index contributed by atoms with van der Waals surface area (Å²) in [5.41, 5.74) is 2.89. The van der Waals surface area contributed by atoms with E-state index < -0.39 is 6.10 Å². The van der Waals surface area contributed by atoms with Gasteiger partial charge in [0.25, 0.3) is 5.91 Å². The number of amides is 1. The molecule has 2 N–H and O–H groups in total. The van der Waals surface area contributed by atoms with Gasteiger partial charge in [-0.05, 0) is 29.7 Å². The van der Waals surface area contributed by atoms with Gasteiger partial charge >= 0.3 is 0 Å². The van der Waals surface area contributed by atoms with Crippen molar-refractivity contribution in [2.75, 3.05) is 6.54 Å². The average Bonchev–Trinajstić information content (AvgIpc) is 2.53. The molecule has 21 heavy (non-hydrogen) atoms. The second-order valence-electron chi connectivity index (χ2n) is 5.10. The number of carbonyl (C=O) groups is 1. The summed E-state index contributed by atoms with van der Waals surface area (Å²) < 4.78 is 0. The highest BCUT2D eigenvalue weighted by Crippen LogP contribution is 2.06. The maximum Gasteiger partial charge on any atom is 0.251 e. The van der Waals surface area contributed by atoms with Gasteiger partial charge in [-0.3, -0.25) is 4.79 Å². The first-order chi connectivity index (χ1) is 10.2. The second kappa shape index (κ2) is 7.60. The van der Waals surface area contributed by atoms with E-state index in [0.717, 1.165) is 12.0 Å². The third-order valence-electron chi connectivity index (χ3n) is 3.44. The lowest BCUT2D eigenvalue weighted by molar-refractivity contribution is 0.0916. The van der Waals surface area contributed by atoms with Crippen molar-refractivity contribution in [1.82, 2.24) is 5.32 Å². The smallest absolute Gasteiger partial charge is 0.251 e. The van der Waals surface area contributed by atoms with Crippen molar-refractivity contribution in [3.63, 3.8) is 0 Å². The van der Waals surface area contributed by atoms with E-state index in [4.69, 9.17) is 0 Å². The van der Waals surface area contributed by atoms with Crippen LogP contribution in [0.25, 0.3) is 0 Å². The van der Waals surface area contributed by atoms with Crippen LogP contribution in [-0.4, -0.2) is 23.7 Å². The number of aliphatic hydroxyl groups is 1. The largest absolute Gasteiger partial charge is 0.391 e. The van der Waals surface area contributed by atoms with Crippen molar-refractivity contribution >= 4 is 5.91 Å². The normalized spacial score (nSPS) is 11.9. The Balaban J connectivity index is 1.82. The Labute approximate surface area is 125 Å². The van der Waals surface area contributed by atoms with E-state index in [1.54, 1.807) is 0 Å². The van der Waals surface area contributed by atoms with Crippen LogP contribution >= 0.6 is 0 Å². The maximum atomic E-state index is 12.0. The zero-order chi connectivity index (χ0) is 15.1. The first-order valence-electron chi connectivity index (χ1n) is 7.28. The number of carbonyl (C=O) groups excluding carboxylic acids is 1. The molecule has 0 aliphatic heterocycles. The molecular formula is C18H21NO2. The topological polar surface area (TPSA) is 49.3 Å². The van der Waals surface area contributed by atoms with Gasteiger partial charge in [0.05, 0.1) is 6.10 Å². The molecule has 0 radical (unpaired) electrons. The fourth-order valence-electron chi connectivity index (χ4n) is 2.16. The summed E-state index contributed by atoms with van der Waals surface area (Å²) in [6, 6.07) is 17.3. The van der Waals surface area contributed by atoms with Gasteiger partial charge in [0, 0.05) is 18.5 Å². The first kappa shape index (κ1) is 15.3. The molecule has 1 unspecified atom stereocenters. The van der Waals surface area contributed by atoms with Gasteiger partial charge in [-0.25, -0.2) is 0 Å². The molecule has 0 spiro atoms. The summed E-state index contributed by atoms with van der Waals surface area (Å²) >= 11 is 0. The van der Waals surface area contributed by atoms with E-state index in [2.05, 4.69) is 12.2 Å². The highest BCUT2D eigenvalue weighted by Gasteiger charge is 2.09. The highest BCUT2D eigenvalue weighted by molar-refractivity contribution is 5.94. The van der Waals surface area contributed by atoms with Crippen molar-refractivity contribution < 1.29 is 9.90 Å². The minimum atomic E-state index is -0.578. The maximum absolute atomic E-state index is 12.0. The summed E-state index contributed by atoms with van der Waals surface area (Å²) in [6.45, 7) is 2.33. The Hall–Kier alpha value is -2.13. The quantitative estimate of drug-likeness (QED) is 0.856. The zero-order valence-corrected chi connectivity index (χ0v) is 12.3. The molecule has 1 atom stereocenters. The van der Waals surface area contributed by atoms with Crippen LogP contribution in [0.2, 0.25) is 0 Å². The minimum absolute atomic E-state index is 0.148. The molecule has 0 aliphatic rings. The van der Waals surface area contributed by atoms with Crippen LogP contribution in [0.5, 0.6) is 0 Å². The Morgan fingerprint density at radius 2 is 1.71 bits per heavy atom. The SMILES string of the molecule is CCc1ccc(C(=O)NCC(O)Cc2ccccc2)cc1. The van der Waals surface area contributed by atoms with Crippen LogP contribution in [0.4, 0.5) is 0 Å². The van der Waals surface area contributed by atoms with E-state index in [0.29, 0.717) is 12.0 Å². The molecule has 0 bridgehead atoms. The Kier molecular flexibility index (Phi) is 5.52. The van der Waals surface area contributed by atoms with Gasteiger partial charge in [0.1, 0.15) is 0 Å². The van der Waals surface area contributed by atoms with Crippen molar-refractivity contribution in [3.8, 4) is 0 Å². The molecule has 2 aromatic carbocycles. The molecule has 110 valence electrons. The number of rotatable bonds is 6. The van der Waals surface area contributed by atoms with Crippen LogP contribution in [0.15, 0.2) is 54.6 Å². The van der Waals surface area contributed by atoms with Gasteiger partial charge in [-0.2, -0.15) is 0 Å². The molecule has 0 heterocycles. The summed E-state index contributed by atoms with van der Waals surface area (Å²) in [4.78, 5) is 12.0. The van der Waals surface area contributed by atoms with Gasteiger partial charge < -0.3 is 10.4 Å². The Morgan fingerprint density at radius 1 is 1.05 bits per heavy atom. The van der Waals surface area contributed by atoms with Crippen molar-refractivity contribution in [1.29, 1.82) is 0 Å². The summed E-state index contributed by atoms with van der Waals surface area (Å²) in [5.74, 6) is -0.148. The van der Waals surface area contributed by atoms with Gasteiger partial charge in [0.15, 0.2) is 0 Å². The van der Waals surface area contributed by atoms with Crippen LogP contribution in [-0.2, 0) is 12.8 Å². The average molecular weight is 283 g/mol. The molecule has 0 aliphatic carbocycles. The van der Waals surface area contributed by atoms with Crippen molar-refractivity contribution in [2.24, 2.45) is 0 Å². The first-order valence-corrected chi connectivity index (χ1v) is 7.28.